The van der Waals surface area contributed by atoms with Gasteiger partial charge in [0.25, 0.3) is 0 Å². The molecule has 0 atom stereocenters. The normalized spacial score (nSPS) is 11.6. The number of hydrogen-bond donors (Lipinski definition) is 1. The number of sulfonamides is 1. The van der Waals surface area contributed by atoms with Gasteiger partial charge in [0.2, 0.25) is 10.0 Å². The Labute approximate surface area is 156 Å². The van der Waals surface area contributed by atoms with Crippen molar-refractivity contribution in [3.63, 3.8) is 0 Å². The highest BCUT2D eigenvalue weighted by molar-refractivity contribution is 7.89. The lowest BCUT2D eigenvalue weighted by atomic mass is 10.2. The molecule has 0 aliphatic carbocycles. The molecule has 0 radical (unpaired) electrons. The monoisotopic (exact) mass is 389 g/mol. The first-order valence-electron chi connectivity index (χ1n) is 8.24. The van der Waals surface area contributed by atoms with Crippen molar-refractivity contribution in [2.45, 2.75) is 18.2 Å². The lowest BCUT2D eigenvalue weighted by Crippen LogP contribution is -2.25. The first-order valence-corrected chi connectivity index (χ1v) is 10.5. The van der Waals surface area contributed by atoms with Crippen LogP contribution in [0.2, 0.25) is 0 Å². The number of rotatable bonds is 7. The van der Waals surface area contributed by atoms with E-state index in [1.54, 1.807) is 31.2 Å². The van der Waals surface area contributed by atoms with Gasteiger partial charge in [0.1, 0.15) is 4.88 Å². The van der Waals surface area contributed by atoms with E-state index in [1.165, 1.54) is 11.3 Å². The highest BCUT2D eigenvalue weighted by Gasteiger charge is 2.16. The number of carbonyl (C=O) groups is 1. The second kappa shape index (κ2) is 7.99. The van der Waals surface area contributed by atoms with Gasteiger partial charge in [-0.3, -0.25) is 0 Å². The van der Waals surface area contributed by atoms with E-state index in [-0.39, 0.29) is 10.9 Å². The standard InChI is InChI=1S/C19H19NO4S2/c1-2-24-19(21)18-12-15-8-9-16(13-17(15)25-18)26(22,23)20-11-10-14-6-4-3-5-7-14/h3-9,12-13,20H,2,10-11H2,1H3. The van der Waals surface area contributed by atoms with Gasteiger partial charge in [-0.25, -0.2) is 17.9 Å². The quantitative estimate of drug-likeness (QED) is 0.627. The van der Waals surface area contributed by atoms with Crippen LogP contribution in [0.4, 0.5) is 0 Å². The molecular formula is C19H19NO4S2. The Morgan fingerprint density at radius 3 is 2.62 bits per heavy atom. The third kappa shape index (κ3) is 4.30. The Morgan fingerprint density at radius 1 is 1.12 bits per heavy atom. The maximum atomic E-state index is 12.5. The van der Waals surface area contributed by atoms with Gasteiger partial charge in [0.15, 0.2) is 0 Å². The molecule has 0 aliphatic rings. The minimum Gasteiger partial charge on any atom is -0.462 e. The number of ether oxygens (including phenoxy) is 1. The Kier molecular flexibility index (Phi) is 5.70. The fraction of sp³-hybridized carbons (Fsp3) is 0.211. The first kappa shape index (κ1) is 18.6. The predicted octanol–water partition coefficient (Wildman–Crippen LogP) is 3.60. The molecule has 0 bridgehead atoms. The molecule has 136 valence electrons. The van der Waals surface area contributed by atoms with Gasteiger partial charge in [0, 0.05) is 11.2 Å². The molecule has 5 nitrogen and oxygen atoms in total. The van der Waals surface area contributed by atoms with Crippen LogP contribution in [-0.2, 0) is 21.2 Å². The van der Waals surface area contributed by atoms with Crippen LogP contribution in [0, 0.1) is 0 Å². The van der Waals surface area contributed by atoms with Gasteiger partial charge in [-0.05, 0) is 42.5 Å². The minimum absolute atomic E-state index is 0.190. The third-order valence-corrected chi connectivity index (χ3v) is 6.36. The number of thiophene rings is 1. The maximum Gasteiger partial charge on any atom is 0.348 e. The Balaban J connectivity index is 1.74. The number of benzene rings is 2. The van der Waals surface area contributed by atoms with Gasteiger partial charge < -0.3 is 4.74 Å². The molecule has 0 amide bonds. The van der Waals surface area contributed by atoms with E-state index < -0.39 is 10.0 Å². The second-order valence-corrected chi connectivity index (χ2v) is 8.51. The fourth-order valence-corrected chi connectivity index (χ4v) is 4.67. The molecule has 0 saturated carbocycles. The summed E-state index contributed by atoms with van der Waals surface area (Å²) in [5.41, 5.74) is 1.07. The molecule has 3 aromatic rings. The molecule has 0 aliphatic heterocycles. The van der Waals surface area contributed by atoms with E-state index in [1.807, 2.05) is 30.3 Å². The predicted molar refractivity (Wildman–Crippen MR) is 103 cm³/mol. The zero-order valence-corrected chi connectivity index (χ0v) is 15.9. The number of carbonyl (C=O) groups excluding carboxylic acids is 1. The van der Waals surface area contributed by atoms with Crippen LogP contribution in [-0.4, -0.2) is 27.5 Å². The van der Waals surface area contributed by atoms with Crippen molar-refractivity contribution in [1.29, 1.82) is 0 Å². The lowest BCUT2D eigenvalue weighted by molar-refractivity contribution is 0.0532. The highest BCUT2D eigenvalue weighted by Crippen LogP contribution is 2.28. The summed E-state index contributed by atoms with van der Waals surface area (Å²) in [5.74, 6) is -0.390. The molecule has 3 rings (SSSR count). The molecule has 0 spiro atoms. The average molecular weight is 389 g/mol. The van der Waals surface area contributed by atoms with Crippen molar-refractivity contribution < 1.29 is 17.9 Å². The summed E-state index contributed by atoms with van der Waals surface area (Å²) in [4.78, 5) is 12.5. The van der Waals surface area contributed by atoms with E-state index >= 15 is 0 Å². The van der Waals surface area contributed by atoms with Crippen molar-refractivity contribution in [3.05, 3.63) is 65.0 Å². The molecule has 1 heterocycles. The fourth-order valence-electron chi connectivity index (χ4n) is 2.54. The summed E-state index contributed by atoms with van der Waals surface area (Å²) < 4.78 is 33.4. The molecule has 0 fully saturated rings. The van der Waals surface area contributed by atoms with Crippen molar-refractivity contribution in [2.24, 2.45) is 0 Å². The summed E-state index contributed by atoms with van der Waals surface area (Å²) in [7, 11) is -3.60. The van der Waals surface area contributed by atoms with Crippen LogP contribution >= 0.6 is 11.3 Å². The van der Waals surface area contributed by atoms with Crippen LogP contribution < -0.4 is 4.72 Å². The SMILES string of the molecule is CCOC(=O)c1cc2ccc(S(=O)(=O)NCCc3ccccc3)cc2s1. The van der Waals surface area contributed by atoms with Crippen molar-refractivity contribution >= 4 is 37.4 Å². The van der Waals surface area contributed by atoms with Gasteiger partial charge in [-0.1, -0.05) is 36.4 Å². The summed E-state index contributed by atoms with van der Waals surface area (Å²) in [5, 5.41) is 0.821. The molecule has 0 saturated heterocycles. The van der Waals surface area contributed by atoms with E-state index in [9.17, 15) is 13.2 Å². The Bertz CT molecular complexity index is 1010. The first-order chi connectivity index (χ1) is 12.5. The van der Waals surface area contributed by atoms with E-state index in [0.29, 0.717) is 24.4 Å². The van der Waals surface area contributed by atoms with Crippen molar-refractivity contribution in [2.75, 3.05) is 13.2 Å². The van der Waals surface area contributed by atoms with E-state index in [0.717, 1.165) is 15.6 Å². The summed E-state index contributed by atoms with van der Waals surface area (Å²) >= 11 is 1.23. The average Bonchev–Trinajstić information content (AvgIpc) is 3.06. The van der Waals surface area contributed by atoms with Gasteiger partial charge >= 0.3 is 5.97 Å². The number of hydrogen-bond acceptors (Lipinski definition) is 5. The van der Waals surface area contributed by atoms with Gasteiger partial charge in [-0.2, -0.15) is 0 Å². The van der Waals surface area contributed by atoms with Crippen LogP contribution in [0.1, 0.15) is 22.2 Å². The Morgan fingerprint density at radius 2 is 1.88 bits per heavy atom. The van der Waals surface area contributed by atoms with Crippen LogP contribution in [0.3, 0.4) is 0 Å². The largest absolute Gasteiger partial charge is 0.462 e. The van der Waals surface area contributed by atoms with Crippen LogP contribution in [0.5, 0.6) is 0 Å². The zero-order chi connectivity index (χ0) is 18.6. The number of esters is 1. The Hall–Kier alpha value is -2.22. The molecule has 0 unspecified atom stereocenters. The highest BCUT2D eigenvalue weighted by atomic mass is 32.2. The molecule has 26 heavy (non-hydrogen) atoms. The minimum atomic E-state index is -3.60. The zero-order valence-electron chi connectivity index (χ0n) is 14.3. The number of nitrogens with one attached hydrogen (secondary N) is 1. The molecular weight excluding hydrogens is 370 g/mol. The van der Waals surface area contributed by atoms with Crippen molar-refractivity contribution in [1.82, 2.24) is 4.72 Å². The van der Waals surface area contributed by atoms with Crippen LogP contribution in [0.15, 0.2) is 59.5 Å². The molecule has 2 aromatic carbocycles. The summed E-state index contributed by atoms with van der Waals surface area (Å²) in [6, 6.07) is 16.3. The number of fused-ring (bicyclic) bond motifs is 1. The summed E-state index contributed by atoms with van der Waals surface area (Å²) in [6.45, 7) is 2.37. The smallest absolute Gasteiger partial charge is 0.348 e. The maximum absolute atomic E-state index is 12.5. The van der Waals surface area contributed by atoms with Crippen molar-refractivity contribution in [3.8, 4) is 0 Å². The van der Waals surface area contributed by atoms with Crippen LogP contribution in [0.25, 0.3) is 10.1 Å². The molecule has 1 N–H and O–H groups in total. The summed E-state index contributed by atoms with van der Waals surface area (Å²) in [6.07, 6.45) is 0.619. The third-order valence-electron chi connectivity index (χ3n) is 3.83. The van der Waals surface area contributed by atoms with E-state index in [2.05, 4.69) is 4.72 Å². The molecule has 7 heteroatoms. The van der Waals surface area contributed by atoms with Gasteiger partial charge in [0.05, 0.1) is 11.5 Å². The topological polar surface area (TPSA) is 72.5 Å². The lowest BCUT2D eigenvalue weighted by Gasteiger charge is -2.07. The van der Waals surface area contributed by atoms with E-state index in [4.69, 9.17) is 4.74 Å². The second-order valence-electron chi connectivity index (χ2n) is 5.66. The van der Waals surface area contributed by atoms with Gasteiger partial charge in [-0.15, -0.1) is 11.3 Å². The molecule has 1 aromatic heterocycles.